The maximum Gasteiger partial charge on any atom is 0.121 e. The maximum atomic E-state index is 8.69. The number of nitriles is 1. The molecular formula is C11H11ClN2O. The zero-order valence-electron chi connectivity index (χ0n) is 8.11. The van der Waals surface area contributed by atoms with Crippen LogP contribution in [-0.4, -0.2) is 12.1 Å². The first-order valence-electron chi connectivity index (χ1n) is 4.81. The molecule has 0 bridgehead atoms. The predicted molar refractivity (Wildman–Crippen MR) is 57.8 cm³/mol. The van der Waals surface area contributed by atoms with Crippen LogP contribution in [0.4, 0.5) is 0 Å². The number of nitrogens with zero attached hydrogens (tertiary/aromatic N) is 1. The predicted octanol–water partition coefficient (Wildman–Crippen LogP) is 2.08. The number of hydrogen-bond donors (Lipinski definition) is 1. The zero-order chi connectivity index (χ0) is 10.8. The summed E-state index contributed by atoms with van der Waals surface area (Å²) in [5, 5.41) is 9.12. The third kappa shape index (κ3) is 2.23. The number of nitrogens with two attached hydrogens (primary N) is 1. The van der Waals surface area contributed by atoms with Crippen molar-refractivity contribution < 1.29 is 4.74 Å². The second-order valence-corrected chi connectivity index (χ2v) is 4.13. The van der Waals surface area contributed by atoms with Crippen LogP contribution < -0.4 is 10.5 Å². The second-order valence-electron chi connectivity index (χ2n) is 3.72. The lowest BCUT2D eigenvalue weighted by atomic mass is 9.90. The summed E-state index contributed by atoms with van der Waals surface area (Å²) < 4.78 is 5.63. The topological polar surface area (TPSA) is 59.0 Å². The van der Waals surface area contributed by atoms with E-state index in [1.807, 2.05) is 6.07 Å². The van der Waals surface area contributed by atoms with Gasteiger partial charge >= 0.3 is 0 Å². The smallest absolute Gasteiger partial charge is 0.121 e. The molecule has 1 aromatic rings. The highest BCUT2D eigenvalue weighted by Gasteiger charge is 2.27. The third-order valence-corrected chi connectivity index (χ3v) is 2.81. The van der Waals surface area contributed by atoms with E-state index in [1.54, 1.807) is 18.2 Å². The molecule has 4 heteroatoms. The van der Waals surface area contributed by atoms with Gasteiger partial charge in [-0.2, -0.15) is 5.26 Å². The minimum absolute atomic E-state index is 0.198. The fourth-order valence-corrected chi connectivity index (χ4v) is 1.77. The Balaban J connectivity index is 2.04. The molecule has 1 aliphatic carbocycles. The van der Waals surface area contributed by atoms with Gasteiger partial charge in [0.15, 0.2) is 0 Å². The van der Waals surface area contributed by atoms with Gasteiger partial charge in [0.1, 0.15) is 17.9 Å². The first kappa shape index (κ1) is 10.3. The van der Waals surface area contributed by atoms with Gasteiger partial charge in [0.2, 0.25) is 0 Å². The molecule has 15 heavy (non-hydrogen) atoms. The summed E-state index contributed by atoms with van der Waals surface area (Å²) in [4.78, 5) is 0. The quantitative estimate of drug-likeness (QED) is 0.834. The molecule has 0 saturated heterocycles. The summed E-state index contributed by atoms with van der Waals surface area (Å²) in [5.41, 5.74) is 6.12. The molecular weight excluding hydrogens is 212 g/mol. The van der Waals surface area contributed by atoms with Gasteiger partial charge in [-0.3, -0.25) is 0 Å². The summed E-state index contributed by atoms with van der Waals surface area (Å²) in [5.74, 6) is 0.705. The summed E-state index contributed by atoms with van der Waals surface area (Å²) in [6.07, 6.45) is 1.97. The average Bonchev–Trinajstić information content (AvgIpc) is 2.16. The Hall–Kier alpha value is -1.24. The molecule has 0 radical (unpaired) electrons. The van der Waals surface area contributed by atoms with Gasteiger partial charge in [-0.1, -0.05) is 11.6 Å². The van der Waals surface area contributed by atoms with Crippen LogP contribution in [0.15, 0.2) is 18.2 Å². The Labute approximate surface area is 93.4 Å². The van der Waals surface area contributed by atoms with Crippen molar-refractivity contribution in [2.75, 3.05) is 0 Å². The van der Waals surface area contributed by atoms with Crippen LogP contribution in [0.3, 0.4) is 0 Å². The highest BCUT2D eigenvalue weighted by Crippen LogP contribution is 2.27. The molecule has 2 rings (SSSR count). The number of rotatable bonds is 2. The monoisotopic (exact) mass is 222 g/mol. The van der Waals surface area contributed by atoms with Gasteiger partial charge in [-0.25, -0.2) is 0 Å². The molecule has 3 nitrogen and oxygen atoms in total. The SMILES string of the molecule is N#Cc1ccc(OC2CC(N)C2)cc1Cl. The Morgan fingerprint density at radius 2 is 2.20 bits per heavy atom. The van der Waals surface area contributed by atoms with E-state index in [0.29, 0.717) is 16.3 Å². The number of benzene rings is 1. The van der Waals surface area contributed by atoms with Crippen LogP contribution in [0, 0.1) is 11.3 Å². The van der Waals surface area contributed by atoms with E-state index in [0.717, 1.165) is 12.8 Å². The molecule has 1 fully saturated rings. The fourth-order valence-electron chi connectivity index (χ4n) is 1.55. The third-order valence-electron chi connectivity index (χ3n) is 2.50. The molecule has 0 unspecified atom stereocenters. The fraction of sp³-hybridized carbons (Fsp3) is 0.364. The van der Waals surface area contributed by atoms with Gasteiger partial charge in [-0.05, 0) is 25.0 Å². The van der Waals surface area contributed by atoms with Crippen LogP contribution >= 0.6 is 11.6 Å². The lowest BCUT2D eigenvalue weighted by Gasteiger charge is -2.32. The Bertz CT molecular complexity index is 408. The summed E-state index contributed by atoms with van der Waals surface area (Å²) >= 11 is 5.88. The van der Waals surface area contributed by atoms with Gasteiger partial charge in [0, 0.05) is 12.1 Å². The minimum atomic E-state index is 0.198. The van der Waals surface area contributed by atoms with E-state index in [4.69, 9.17) is 27.3 Å². The molecule has 0 spiro atoms. The highest BCUT2D eigenvalue weighted by molar-refractivity contribution is 6.31. The van der Waals surface area contributed by atoms with Crippen LogP contribution in [0.5, 0.6) is 5.75 Å². The van der Waals surface area contributed by atoms with E-state index >= 15 is 0 Å². The van der Waals surface area contributed by atoms with Crippen LogP contribution in [0.1, 0.15) is 18.4 Å². The first-order valence-corrected chi connectivity index (χ1v) is 5.18. The molecule has 78 valence electrons. The van der Waals surface area contributed by atoms with E-state index in [9.17, 15) is 0 Å². The zero-order valence-corrected chi connectivity index (χ0v) is 8.87. The molecule has 0 atom stereocenters. The molecule has 0 amide bonds. The summed E-state index contributed by atoms with van der Waals surface area (Å²) in [6.45, 7) is 0. The minimum Gasteiger partial charge on any atom is -0.490 e. The molecule has 1 aromatic carbocycles. The first-order chi connectivity index (χ1) is 7.19. The lowest BCUT2D eigenvalue weighted by Crippen LogP contribution is -2.43. The maximum absolute atomic E-state index is 8.69. The molecule has 0 aliphatic heterocycles. The van der Waals surface area contributed by atoms with Crippen molar-refractivity contribution in [2.24, 2.45) is 5.73 Å². The van der Waals surface area contributed by atoms with Crippen molar-refractivity contribution in [1.29, 1.82) is 5.26 Å². The summed E-state index contributed by atoms with van der Waals surface area (Å²) in [6, 6.07) is 7.36. The normalized spacial score (nSPS) is 24.1. The number of halogens is 1. The molecule has 0 heterocycles. The van der Waals surface area contributed by atoms with Crippen LogP contribution in [-0.2, 0) is 0 Å². The molecule has 2 N–H and O–H groups in total. The Kier molecular flexibility index (Phi) is 2.81. The van der Waals surface area contributed by atoms with Crippen LogP contribution in [0.25, 0.3) is 0 Å². The van der Waals surface area contributed by atoms with Gasteiger partial charge in [-0.15, -0.1) is 0 Å². The van der Waals surface area contributed by atoms with E-state index in [-0.39, 0.29) is 12.1 Å². The van der Waals surface area contributed by atoms with E-state index in [2.05, 4.69) is 0 Å². The molecule has 1 saturated carbocycles. The Morgan fingerprint density at radius 1 is 1.47 bits per heavy atom. The second kappa shape index (κ2) is 4.09. The van der Waals surface area contributed by atoms with E-state index in [1.165, 1.54) is 0 Å². The highest BCUT2D eigenvalue weighted by atomic mass is 35.5. The van der Waals surface area contributed by atoms with E-state index < -0.39 is 0 Å². The lowest BCUT2D eigenvalue weighted by molar-refractivity contribution is 0.101. The Morgan fingerprint density at radius 3 is 2.73 bits per heavy atom. The van der Waals surface area contributed by atoms with Crippen molar-refractivity contribution in [3.63, 3.8) is 0 Å². The van der Waals surface area contributed by atoms with Gasteiger partial charge in [0.25, 0.3) is 0 Å². The van der Waals surface area contributed by atoms with Crippen molar-refractivity contribution in [3.8, 4) is 11.8 Å². The largest absolute Gasteiger partial charge is 0.490 e. The number of ether oxygens (including phenoxy) is 1. The molecule has 0 aromatic heterocycles. The summed E-state index contributed by atoms with van der Waals surface area (Å²) in [7, 11) is 0. The van der Waals surface area contributed by atoms with Crippen molar-refractivity contribution in [2.45, 2.75) is 25.0 Å². The van der Waals surface area contributed by atoms with Gasteiger partial charge < -0.3 is 10.5 Å². The van der Waals surface area contributed by atoms with Crippen molar-refractivity contribution >= 4 is 11.6 Å². The number of hydrogen-bond acceptors (Lipinski definition) is 3. The van der Waals surface area contributed by atoms with Crippen molar-refractivity contribution in [3.05, 3.63) is 28.8 Å². The average molecular weight is 223 g/mol. The van der Waals surface area contributed by atoms with Gasteiger partial charge in [0.05, 0.1) is 10.6 Å². The molecule has 1 aliphatic rings. The standard InChI is InChI=1S/C11H11ClN2O/c12-11-5-9(2-1-7(11)6-13)15-10-3-8(14)4-10/h1-2,5,8,10H,3-4,14H2. The van der Waals surface area contributed by atoms with Crippen molar-refractivity contribution in [1.82, 2.24) is 0 Å². The van der Waals surface area contributed by atoms with Crippen LogP contribution in [0.2, 0.25) is 5.02 Å².